The fraction of sp³-hybridized carbons (Fsp3) is 0.286. The molecule has 0 amide bonds. The summed E-state index contributed by atoms with van der Waals surface area (Å²) in [5.41, 5.74) is 2.40. The first-order valence-electron chi connectivity index (χ1n) is 5.50. The van der Waals surface area contributed by atoms with Crippen LogP contribution < -0.4 is 0 Å². The van der Waals surface area contributed by atoms with Gasteiger partial charge in [-0.3, -0.25) is 0 Å². The highest BCUT2D eigenvalue weighted by molar-refractivity contribution is 7.12. The highest BCUT2D eigenvalue weighted by Gasteiger charge is 2.17. The summed E-state index contributed by atoms with van der Waals surface area (Å²) in [4.78, 5) is 2.07. The van der Waals surface area contributed by atoms with Crippen LogP contribution in [0.15, 0.2) is 24.3 Å². The van der Waals surface area contributed by atoms with Crippen molar-refractivity contribution in [3.05, 3.63) is 56.5 Å². The van der Waals surface area contributed by atoms with Crippen LogP contribution in [-0.2, 0) is 0 Å². The lowest BCUT2D eigenvalue weighted by Crippen LogP contribution is -2.03. The van der Waals surface area contributed by atoms with Crippen LogP contribution in [0.3, 0.4) is 0 Å². The Bertz CT molecular complexity index is 522. The largest absolute Gasteiger partial charge is 0.383 e. The van der Waals surface area contributed by atoms with Crippen LogP contribution >= 0.6 is 11.3 Å². The molecule has 0 saturated carbocycles. The Labute approximate surface area is 105 Å². The number of rotatable bonds is 2. The van der Waals surface area contributed by atoms with Gasteiger partial charge in [-0.25, -0.2) is 4.39 Å². The lowest BCUT2D eigenvalue weighted by atomic mass is 9.97. The van der Waals surface area contributed by atoms with Gasteiger partial charge in [-0.15, -0.1) is 11.3 Å². The first-order valence-corrected chi connectivity index (χ1v) is 6.31. The lowest BCUT2D eigenvalue weighted by Gasteiger charge is -2.15. The normalized spacial score (nSPS) is 12.8. The van der Waals surface area contributed by atoms with Gasteiger partial charge < -0.3 is 5.11 Å². The predicted octanol–water partition coefficient (Wildman–Crippen LogP) is 3.89. The number of hydrogen-bond acceptors (Lipinski definition) is 2. The molecule has 0 spiro atoms. The molecule has 0 aliphatic heterocycles. The molecular formula is C14H15FOS. The van der Waals surface area contributed by atoms with Gasteiger partial charge in [0, 0.05) is 9.75 Å². The van der Waals surface area contributed by atoms with Gasteiger partial charge in [0.15, 0.2) is 0 Å². The Morgan fingerprint density at radius 2 is 1.71 bits per heavy atom. The molecule has 1 heterocycles. The van der Waals surface area contributed by atoms with Crippen molar-refractivity contribution >= 4 is 11.3 Å². The molecule has 0 saturated heterocycles. The zero-order valence-electron chi connectivity index (χ0n) is 10.1. The van der Waals surface area contributed by atoms with E-state index in [2.05, 4.69) is 0 Å². The second-order valence-corrected chi connectivity index (χ2v) is 5.62. The van der Waals surface area contributed by atoms with Gasteiger partial charge in [0.2, 0.25) is 0 Å². The summed E-state index contributed by atoms with van der Waals surface area (Å²) in [6.07, 6.45) is -0.658. The minimum Gasteiger partial charge on any atom is -0.383 e. The first-order chi connectivity index (χ1) is 7.99. The van der Waals surface area contributed by atoms with Gasteiger partial charge in [0.1, 0.15) is 11.9 Å². The molecule has 2 rings (SSSR count). The first kappa shape index (κ1) is 12.3. The zero-order valence-corrected chi connectivity index (χ0v) is 10.9. The second-order valence-electron chi connectivity index (χ2n) is 4.30. The van der Waals surface area contributed by atoms with Crippen molar-refractivity contribution in [3.63, 3.8) is 0 Å². The zero-order chi connectivity index (χ0) is 12.6. The minimum absolute atomic E-state index is 0.252. The molecule has 2 aromatic rings. The van der Waals surface area contributed by atoms with Crippen LogP contribution in [0.5, 0.6) is 0 Å². The van der Waals surface area contributed by atoms with Gasteiger partial charge in [0.25, 0.3) is 0 Å². The molecule has 1 aromatic carbocycles. The average molecular weight is 250 g/mol. The topological polar surface area (TPSA) is 20.2 Å². The molecule has 3 heteroatoms. The smallest absolute Gasteiger partial charge is 0.123 e. The molecule has 0 aliphatic rings. The predicted molar refractivity (Wildman–Crippen MR) is 69.0 cm³/mol. The van der Waals surface area contributed by atoms with E-state index in [-0.39, 0.29) is 5.82 Å². The third-order valence-corrected chi connectivity index (χ3v) is 3.92. The molecule has 1 atom stereocenters. The second kappa shape index (κ2) is 4.59. The lowest BCUT2D eigenvalue weighted by molar-refractivity contribution is 0.222. The number of thiophene rings is 1. The summed E-state index contributed by atoms with van der Waals surface area (Å²) >= 11 is 1.57. The molecule has 90 valence electrons. The van der Waals surface area contributed by atoms with E-state index in [0.717, 1.165) is 26.4 Å². The van der Waals surface area contributed by atoms with Crippen LogP contribution in [0.25, 0.3) is 0 Å². The maximum atomic E-state index is 13.2. The van der Waals surface area contributed by atoms with E-state index in [1.807, 2.05) is 32.9 Å². The van der Waals surface area contributed by atoms with Gasteiger partial charge in [0.05, 0.1) is 0 Å². The molecular weight excluding hydrogens is 235 g/mol. The average Bonchev–Trinajstić information content (AvgIpc) is 2.63. The summed E-state index contributed by atoms with van der Waals surface area (Å²) < 4.78 is 13.2. The minimum atomic E-state index is -0.658. The Hall–Kier alpha value is -1.19. The summed E-state index contributed by atoms with van der Waals surface area (Å²) in [5.74, 6) is -0.252. The van der Waals surface area contributed by atoms with Crippen molar-refractivity contribution in [3.8, 4) is 0 Å². The molecule has 1 N–H and O–H groups in total. The molecule has 0 fully saturated rings. The van der Waals surface area contributed by atoms with E-state index in [0.29, 0.717) is 0 Å². The number of aliphatic hydroxyl groups is 1. The quantitative estimate of drug-likeness (QED) is 0.857. The van der Waals surface area contributed by atoms with E-state index in [9.17, 15) is 9.50 Å². The van der Waals surface area contributed by atoms with Crippen molar-refractivity contribution in [2.45, 2.75) is 26.9 Å². The molecule has 17 heavy (non-hydrogen) atoms. The molecule has 0 aliphatic carbocycles. The van der Waals surface area contributed by atoms with Gasteiger partial charge in [-0.2, -0.15) is 0 Å². The van der Waals surface area contributed by atoms with Gasteiger partial charge >= 0.3 is 0 Å². The maximum Gasteiger partial charge on any atom is 0.123 e. The van der Waals surface area contributed by atoms with E-state index < -0.39 is 6.10 Å². The van der Waals surface area contributed by atoms with Crippen LogP contribution in [-0.4, -0.2) is 5.11 Å². The third-order valence-electron chi connectivity index (χ3n) is 2.86. The van der Waals surface area contributed by atoms with Crippen molar-refractivity contribution < 1.29 is 9.50 Å². The highest BCUT2D eigenvalue weighted by atomic mass is 32.1. The van der Waals surface area contributed by atoms with Crippen LogP contribution in [0, 0.1) is 26.6 Å². The Balaban J connectivity index is 2.47. The summed E-state index contributed by atoms with van der Waals surface area (Å²) in [7, 11) is 0. The molecule has 1 unspecified atom stereocenters. The fourth-order valence-corrected chi connectivity index (χ4v) is 2.97. The standard InChI is InChI=1S/C14H15FOS/c1-8-6-11(15)7-9(2)13(8)14(16)12-5-4-10(3)17-12/h4-7,14,16H,1-3H3. The van der Waals surface area contributed by atoms with E-state index in [1.54, 1.807) is 11.3 Å². The SMILES string of the molecule is Cc1ccc(C(O)c2c(C)cc(F)cc2C)s1. The number of halogens is 1. The number of hydrogen-bond donors (Lipinski definition) is 1. The number of aliphatic hydroxyl groups excluding tert-OH is 1. The Morgan fingerprint density at radius 1 is 1.12 bits per heavy atom. The van der Waals surface area contributed by atoms with Gasteiger partial charge in [-0.05, 0) is 61.7 Å². The van der Waals surface area contributed by atoms with Gasteiger partial charge in [-0.1, -0.05) is 0 Å². The van der Waals surface area contributed by atoms with Crippen LogP contribution in [0.4, 0.5) is 4.39 Å². The van der Waals surface area contributed by atoms with Crippen molar-refractivity contribution in [2.75, 3.05) is 0 Å². The monoisotopic (exact) mass is 250 g/mol. The van der Waals surface area contributed by atoms with Crippen LogP contribution in [0.2, 0.25) is 0 Å². The van der Waals surface area contributed by atoms with Crippen molar-refractivity contribution in [1.29, 1.82) is 0 Å². The van der Waals surface area contributed by atoms with Crippen molar-refractivity contribution in [1.82, 2.24) is 0 Å². The number of benzene rings is 1. The van der Waals surface area contributed by atoms with Crippen molar-refractivity contribution in [2.24, 2.45) is 0 Å². The Kier molecular flexibility index (Phi) is 3.31. The summed E-state index contributed by atoms with van der Waals surface area (Å²) in [6.45, 7) is 5.66. The van der Waals surface area contributed by atoms with E-state index in [1.165, 1.54) is 12.1 Å². The molecule has 1 aromatic heterocycles. The molecule has 0 bridgehead atoms. The summed E-state index contributed by atoms with van der Waals surface area (Å²) in [6, 6.07) is 6.84. The summed E-state index contributed by atoms with van der Waals surface area (Å²) in [5, 5.41) is 10.3. The molecule has 1 nitrogen and oxygen atoms in total. The van der Waals surface area contributed by atoms with E-state index >= 15 is 0 Å². The highest BCUT2D eigenvalue weighted by Crippen LogP contribution is 2.32. The molecule has 0 radical (unpaired) electrons. The Morgan fingerprint density at radius 3 is 2.18 bits per heavy atom. The maximum absolute atomic E-state index is 13.2. The number of aryl methyl sites for hydroxylation is 3. The third kappa shape index (κ3) is 2.40. The fourth-order valence-electron chi connectivity index (χ4n) is 2.10. The van der Waals surface area contributed by atoms with E-state index in [4.69, 9.17) is 0 Å². The van der Waals surface area contributed by atoms with Crippen LogP contribution in [0.1, 0.15) is 32.5 Å².